The van der Waals surface area contributed by atoms with E-state index < -0.39 is 23.3 Å². The van der Waals surface area contributed by atoms with Crippen LogP contribution in [0.3, 0.4) is 0 Å². The van der Waals surface area contributed by atoms with Crippen LogP contribution in [0.25, 0.3) is 0 Å². The van der Waals surface area contributed by atoms with E-state index in [9.17, 15) is 19.7 Å². The van der Waals surface area contributed by atoms with Crippen molar-refractivity contribution in [2.75, 3.05) is 13.1 Å². The number of nitro groups is 1. The van der Waals surface area contributed by atoms with Crippen LogP contribution in [-0.2, 0) is 4.79 Å². The lowest BCUT2D eigenvalue weighted by Crippen LogP contribution is -2.36. The summed E-state index contributed by atoms with van der Waals surface area (Å²) in [6.45, 7) is 1.68. The van der Waals surface area contributed by atoms with Gasteiger partial charge in [-0.3, -0.25) is 19.7 Å². The summed E-state index contributed by atoms with van der Waals surface area (Å²) in [7, 11) is 0. The molecule has 1 amide bonds. The number of benzene rings is 1. The average Bonchev–Trinajstić information content (AvgIpc) is 2.37. The highest BCUT2D eigenvalue weighted by Gasteiger charge is 2.19. The largest absolute Gasteiger partial charge is 0.480 e. The Morgan fingerprint density at radius 3 is 2.63 bits per heavy atom. The van der Waals surface area contributed by atoms with Gasteiger partial charge in [0.15, 0.2) is 0 Å². The first-order valence-electron chi connectivity index (χ1n) is 5.71. The van der Waals surface area contributed by atoms with E-state index in [4.69, 9.17) is 5.11 Å². The van der Waals surface area contributed by atoms with Gasteiger partial charge in [-0.1, -0.05) is 13.0 Å². The third kappa shape index (κ3) is 4.06. The molecule has 0 unspecified atom stereocenters. The highest BCUT2D eigenvalue weighted by atomic mass is 16.6. The Morgan fingerprint density at radius 1 is 1.42 bits per heavy atom. The minimum absolute atomic E-state index is 0.115. The number of carboxylic acid groups (broad SMARTS) is 1. The van der Waals surface area contributed by atoms with E-state index in [0.717, 1.165) is 11.0 Å². The van der Waals surface area contributed by atoms with Gasteiger partial charge in [0.05, 0.1) is 4.92 Å². The molecule has 7 nitrogen and oxygen atoms in total. The lowest BCUT2D eigenvalue weighted by molar-refractivity contribution is -0.384. The van der Waals surface area contributed by atoms with Gasteiger partial charge in [-0.15, -0.1) is 0 Å². The predicted molar refractivity (Wildman–Crippen MR) is 66.9 cm³/mol. The predicted octanol–water partition coefficient (Wildman–Crippen LogP) is 1.53. The van der Waals surface area contributed by atoms with Crippen LogP contribution in [0.4, 0.5) is 5.69 Å². The summed E-state index contributed by atoms with van der Waals surface area (Å²) in [5.74, 6) is -1.64. The number of rotatable bonds is 6. The van der Waals surface area contributed by atoms with Gasteiger partial charge < -0.3 is 10.0 Å². The molecule has 102 valence electrons. The molecular weight excluding hydrogens is 252 g/mol. The molecule has 0 fully saturated rings. The monoisotopic (exact) mass is 266 g/mol. The second-order valence-electron chi connectivity index (χ2n) is 3.93. The minimum Gasteiger partial charge on any atom is -0.480 e. The highest BCUT2D eigenvalue weighted by molar-refractivity contribution is 5.96. The Morgan fingerprint density at radius 2 is 2.11 bits per heavy atom. The second-order valence-corrected chi connectivity index (χ2v) is 3.93. The maximum absolute atomic E-state index is 12.1. The fourth-order valence-electron chi connectivity index (χ4n) is 1.62. The number of carbonyl (C=O) groups excluding carboxylic acids is 1. The Balaban J connectivity index is 2.98. The first-order chi connectivity index (χ1) is 8.95. The quantitative estimate of drug-likeness (QED) is 0.621. The third-order valence-electron chi connectivity index (χ3n) is 2.41. The number of nitrogens with zero attached hydrogens (tertiary/aromatic N) is 2. The summed E-state index contributed by atoms with van der Waals surface area (Å²) in [5.41, 5.74) is -0.0819. The summed E-state index contributed by atoms with van der Waals surface area (Å²) >= 11 is 0. The fraction of sp³-hybridized carbons (Fsp3) is 0.333. The zero-order valence-corrected chi connectivity index (χ0v) is 10.4. The Kier molecular flexibility index (Phi) is 4.99. The Labute approximate surface area is 109 Å². The number of hydrogen-bond donors (Lipinski definition) is 1. The lowest BCUT2D eigenvalue weighted by Gasteiger charge is -2.19. The van der Waals surface area contributed by atoms with Gasteiger partial charge in [0.1, 0.15) is 6.54 Å². The summed E-state index contributed by atoms with van der Waals surface area (Å²) in [6.07, 6.45) is 0.605. The smallest absolute Gasteiger partial charge is 0.323 e. The van der Waals surface area contributed by atoms with Gasteiger partial charge in [0, 0.05) is 24.2 Å². The van der Waals surface area contributed by atoms with Crippen LogP contribution in [0.5, 0.6) is 0 Å². The number of nitro benzene ring substituents is 1. The molecule has 0 radical (unpaired) electrons. The number of carboxylic acids is 1. The van der Waals surface area contributed by atoms with E-state index in [1.165, 1.54) is 18.2 Å². The maximum Gasteiger partial charge on any atom is 0.323 e. The SMILES string of the molecule is CCCN(CC(=O)O)C(=O)c1cccc([N+](=O)[O-])c1. The summed E-state index contributed by atoms with van der Waals surface area (Å²) in [4.78, 5) is 34.0. The lowest BCUT2D eigenvalue weighted by atomic mass is 10.1. The maximum atomic E-state index is 12.1. The van der Waals surface area contributed by atoms with Gasteiger partial charge in [-0.2, -0.15) is 0 Å². The zero-order valence-electron chi connectivity index (χ0n) is 10.4. The molecule has 1 N–H and O–H groups in total. The molecule has 19 heavy (non-hydrogen) atoms. The number of amides is 1. The van der Waals surface area contributed by atoms with E-state index >= 15 is 0 Å². The van der Waals surface area contributed by atoms with Gasteiger partial charge in [0.25, 0.3) is 11.6 Å². The van der Waals surface area contributed by atoms with Crippen molar-refractivity contribution in [3.63, 3.8) is 0 Å². The van der Waals surface area contributed by atoms with Crippen LogP contribution in [-0.4, -0.2) is 39.9 Å². The molecule has 0 aliphatic rings. The molecule has 0 atom stereocenters. The molecule has 0 aromatic heterocycles. The second kappa shape index (κ2) is 6.48. The van der Waals surface area contributed by atoms with Crippen LogP contribution in [0.15, 0.2) is 24.3 Å². The molecule has 0 spiro atoms. The summed E-state index contributed by atoms with van der Waals surface area (Å²) in [6, 6.07) is 5.25. The molecule has 0 saturated carbocycles. The zero-order chi connectivity index (χ0) is 14.4. The molecule has 0 saturated heterocycles. The van der Waals surface area contributed by atoms with Crippen LogP contribution >= 0.6 is 0 Å². The first kappa shape index (κ1) is 14.6. The van der Waals surface area contributed by atoms with Gasteiger partial charge >= 0.3 is 5.97 Å². The molecule has 7 heteroatoms. The average molecular weight is 266 g/mol. The van der Waals surface area contributed by atoms with Crippen molar-refractivity contribution in [1.82, 2.24) is 4.90 Å². The molecule has 1 rings (SSSR count). The van der Waals surface area contributed by atoms with Crippen LogP contribution in [0.2, 0.25) is 0 Å². The standard InChI is InChI=1S/C12H14N2O5/c1-2-6-13(8-11(15)16)12(17)9-4-3-5-10(7-9)14(18)19/h3-5,7H,2,6,8H2,1H3,(H,15,16). The van der Waals surface area contributed by atoms with E-state index in [-0.39, 0.29) is 17.8 Å². The minimum atomic E-state index is -1.12. The fourth-order valence-corrected chi connectivity index (χ4v) is 1.62. The summed E-state index contributed by atoms with van der Waals surface area (Å²) in [5, 5.41) is 19.4. The van der Waals surface area contributed by atoms with Crippen molar-refractivity contribution in [2.45, 2.75) is 13.3 Å². The highest BCUT2D eigenvalue weighted by Crippen LogP contribution is 2.15. The van der Waals surface area contributed by atoms with Gasteiger partial charge in [0.2, 0.25) is 0 Å². The van der Waals surface area contributed by atoms with Crippen molar-refractivity contribution in [2.24, 2.45) is 0 Å². The van der Waals surface area contributed by atoms with E-state index in [2.05, 4.69) is 0 Å². The van der Waals surface area contributed by atoms with Crippen molar-refractivity contribution < 1.29 is 19.6 Å². The summed E-state index contributed by atoms with van der Waals surface area (Å²) < 4.78 is 0. The van der Waals surface area contributed by atoms with E-state index in [1.807, 2.05) is 6.92 Å². The third-order valence-corrected chi connectivity index (χ3v) is 2.41. The molecule has 0 heterocycles. The van der Waals surface area contributed by atoms with Crippen LogP contribution < -0.4 is 0 Å². The van der Waals surface area contributed by atoms with E-state index in [1.54, 1.807) is 0 Å². The normalized spacial score (nSPS) is 9.95. The first-order valence-corrected chi connectivity index (χ1v) is 5.71. The van der Waals surface area contributed by atoms with Crippen molar-refractivity contribution >= 4 is 17.6 Å². The Hall–Kier alpha value is -2.44. The van der Waals surface area contributed by atoms with Crippen molar-refractivity contribution in [1.29, 1.82) is 0 Å². The Bertz CT molecular complexity index is 501. The topological polar surface area (TPSA) is 101 Å². The number of aliphatic carboxylic acids is 1. The number of non-ortho nitro benzene ring substituents is 1. The van der Waals surface area contributed by atoms with Crippen molar-refractivity contribution in [3.05, 3.63) is 39.9 Å². The van der Waals surface area contributed by atoms with E-state index in [0.29, 0.717) is 6.42 Å². The van der Waals surface area contributed by atoms with Crippen LogP contribution in [0, 0.1) is 10.1 Å². The number of carbonyl (C=O) groups is 2. The molecule has 0 bridgehead atoms. The molecule has 0 aliphatic carbocycles. The number of hydrogen-bond acceptors (Lipinski definition) is 4. The molecule has 1 aromatic carbocycles. The van der Waals surface area contributed by atoms with Gasteiger partial charge in [-0.25, -0.2) is 0 Å². The van der Waals surface area contributed by atoms with Crippen molar-refractivity contribution in [3.8, 4) is 0 Å². The molecule has 1 aromatic rings. The molecule has 0 aliphatic heterocycles. The van der Waals surface area contributed by atoms with Crippen LogP contribution in [0.1, 0.15) is 23.7 Å². The van der Waals surface area contributed by atoms with Gasteiger partial charge in [-0.05, 0) is 12.5 Å². The molecular formula is C12H14N2O5.